The first-order valence-electron chi connectivity index (χ1n) is 7.38. The Morgan fingerprint density at radius 2 is 1.92 bits per heavy atom. The first kappa shape index (κ1) is 16.3. The molecular weight excluding hydrogens is 370 g/mol. The molecule has 0 aliphatic carbocycles. The van der Waals surface area contributed by atoms with E-state index < -0.39 is 0 Å². The number of ether oxygens (including phenoxy) is 1. The summed E-state index contributed by atoms with van der Waals surface area (Å²) < 4.78 is 8.01. The maximum atomic E-state index is 12.5. The summed E-state index contributed by atoms with van der Waals surface area (Å²) in [5.41, 5.74) is 1.58. The van der Waals surface area contributed by atoms with Crippen LogP contribution in [0.5, 0.6) is 5.75 Å². The standard InChI is InChI=1S/C18H16BrN3O2/c1-24-16-5-3-2-4-15(16)18(23)21-17-10-11-20-22(17)12-13-6-8-14(19)9-7-13/h2-11H,12H2,1H3,(H,21,23). The first-order chi connectivity index (χ1) is 11.7. The number of amides is 1. The smallest absolute Gasteiger partial charge is 0.260 e. The lowest BCUT2D eigenvalue weighted by molar-refractivity contribution is 0.102. The van der Waals surface area contributed by atoms with Crippen molar-refractivity contribution in [1.82, 2.24) is 9.78 Å². The summed E-state index contributed by atoms with van der Waals surface area (Å²) in [7, 11) is 1.55. The Morgan fingerprint density at radius 3 is 2.67 bits per heavy atom. The second kappa shape index (κ2) is 7.31. The fourth-order valence-corrected chi connectivity index (χ4v) is 2.61. The van der Waals surface area contributed by atoms with Gasteiger partial charge in [-0.05, 0) is 29.8 Å². The van der Waals surface area contributed by atoms with E-state index in [9.17, 15) is 4.79 Å². The van der Waals surface area contributed by atoms with Crippen molar-refractivity contribution in [2.24, 2.45) is 0 Å². The number of halogens is 1. The summed E-state index contributed by atoms with van der Waals surface area (Å²) >= 11 is 3.42. The Hall–Kier alpha value is -2.60. The molecule has 0 fully saturated rings. The predicted molar refractivity (Wildman–Crippen MR) is 96.4 cm³/mol. The van der Waals surface area contributed by atoms with E-state index in [1.807, 2.05) is 30.3 Å². The summed E-state index contributed by atoms with van der Waals surface area (Å²) in [6.45, 7) is 0.571. The van der Waals surface area contributed by atoms with E-state index in [4.69, 9.17) is 4.74 Å². The van der Waals surface area contributed by atoms with Gasteiger partial charge in [-0.1, -0.05) is 40.2 Å². The van der Waals surface area contributed by atoms with Gasteiger partial charge >= 0.3 is 0 Å². The van der Waals surface area contributed by atoms with Gasteiger partial charge in [0, 0.05) is 10.5 Å². The number of benzene rings is 2. The van der Waals surface area contributed by atoms with E-state index in [1.54, 1.807) is 42.3 Å². The van der Waals surface area contributed by atoms with Gasteiger partial charge in [-0.2, -0.15) is 5.10 Å². The summed E-state index contributed by atoms with van der Waals surface area (Å²) in [6.07, 6.45) is 1.66. The van der Waals surface area contributed by atoms with Crippen molar-refractivity contribution in [2.45, 2.75) is 6.54 Å². The number of anilines is 1. The van der Waals surface area contributed by atoms with Gasteiger partial charge in [0.25, 0.3) is 5.91 Å². The highest BCUT2D eigenvalue weighted by Crippen LogP contribution is 2.19. The molecule has 6 heteroatoms. The second-order valence-electron chi connectivity index (χ2n) is 5.15. The highest BCUT2D eigenvalue weighted by molar-refractivity contribution is 9.10. The van der Waals surface area contributed by atoms with Gasteiger partial charge in [0.15, 0.2) is 0 Å². The van der Waals surface area contributed by atoms with Crippen LogP contribution in [0.2, 0.25) is 0 Å². The van der Waals surface area contributed by atoms with Crippen molar-refractivity contribution in [2.75, 3.05) is 12.4 Å². The molecule has 0 atom stereocenters. The Bertz CT molecular complexity index is 843. The highest BCUT2D eigenvalue weighted by atomic mass is 79.9. The minimum atomic E-state index is -0.231. The monoisotopic (exact) mass is 385 g/mol. The fraction of sp³-hybridized carbons (Fsp3) is 0.111. The van der Waals surface area contributed by atoms with Crippen LogP contribution in [-0.2, 0) is 6.54 Å². The van der Waals surface area contributed by atoms with Crippen LogP contribution in [0.4, 0.5) is 5.82 Å². The number of nitrogens with zero attached hydrogens (tertiary/aromatic N) is 2. The van der Waals surface area contributed by atoms with E-state index in [0.29, 0.717) is 23.7 Å². The van der Waals surface area contributed by atoms with Crippen molar-refractivity contribution in [3.05, 3.63) is 76.4 Å². The van der Waals surface area contributed by atoms with E-state index in [2.05, 4.69) is 26.3 Å². The zero-order chi connectivity index (χ0) is 16.9. The molecule has 0 bridgehead atoms. The van der Waals surface area contributed by atoms with Crippen molar-refractivity contribution < 1.29 is 9.53 Å². The Kier molecular flexibility index (Phi) is 4.96. The third-order valence-corrected chi connectivity index (χ3v) is 4.08. The minimum Gasteiger partial charge on any atom is -0.496 e. The van der Waals surface area contributed by atoms with Crippen LogP contribution in [-0.4, -0.2) is 22.8 Å². The molecule has 24 heavy (non-hydrogen) atoms. The van der Waals surface area contributed by atoms with Crippen LogP contribution < -0.4 is 10.1 Å². The molecule has 3 aromatic rings. The molecule has 0 unspecified atom stereocenters. The Morgan fingerprint density at radius 1 is 1.17 bits per heavy atom. The van der Waals surface area contributed by atoms with E-state index in [1.165, 1.54) is 0 Å². The number of rotatable bonds is 5. The molecule has 122 valence electrons. The maximum absolute atomic E-state index is 12.5. The lowest BCUT2D eigenvalue weighted by atomic mass is 10.2. The van der Waals surface area contributed by atoms with Crippen LogP contribution in [0.15, 0.2) is 65.3 Å². The molecule has 0 aliphatic rings. The van der Waals surface area contributed by atoms with Crippen LogP contribution in [0.1, 0.15) is 15.9 Å². The molecular formula is C18H16BrN3O2. The molecule has 1 heterocycles. The SMILES string of the molecule is COc1ccccc1C(=O)Nc1ccnn1Cc1ccc(Br)cc1. The molecule has 1 N–H and O–H groups in total. The van der Waals surface area contributed by atoms with Crippen LogP contribution in [0.3, 0.4) is 0 Å². The topological polar surface area (TPSA) is 56.1 Å². The number of hydrogen-bond acceptors (Lipinski definition) is 3. The number of para-hydroxylation sites is 1. The van der Waals surface area contributed by atoms with E-state index in [-0.39, 0.29) is 5.91 Å². The Balaban J connectivity index is 1.78. The maximum Gasteiger partial charge on any atom is 0.260 e. The lowest BCUT2D eigenvalue weighted by Crippen LogP contribution is -2.17. The largest absolute Gasteiger partial charge is 0.496 e. The van der Waals surface area contributed by atoms with Crippen molar-refractivity contribution in [3.63, 3.8) is 0 Å². The molecule has 1 amide bonds. The third-order valence-electron chi connectivity index (χ3n) is 3.56. The predicted octanol–water partition coefficient (Wildman–Crippen LogP) is 3.95. The van der Waals surface area contributed by atoms with Gasteiger partial charge < -0.3 is 10.1 Å². The molecule has 5 nitrogen and oxygen atoms in total. The number of hydrogen-bond donors (Lipinski definition) is 1. The minimum absolute atomic E-state index is 0.231. The third kappa shape index (κ3) is 3.65. The summed E-state index contributed by atoms with van der Waals surface area (Å²) in [4.78, 5) is 12.5. The fourth-order valence-electron chi connectivity index (χ4n) is 2.34. The van der Waals surface area contributed by atoms with Crippen molar-refractivity contribution >= 4 is 27.7 Å². The molecule has 2 aromatic carbocycles. The summed E-state index contributed by atoms with van der Waals surface area (Å²) in [6, 6.07) is 16.9. The van der Waals surface area contributed by atoms with E-state index in [0.717, 1.165) is 10.0 Å². The highest BCUT2D eigenvalue weighted by Gasteiger charge is 2.14. The number of carbonyl (C=O) groups excluding carboxylic acids is 1. The zero-order valence-corrected chi connectivity index (χ0v) is 14.7. The van der Waals surface area contributed by atoms with Gasteiger partial charge in [0.1, 0.15) is 11.6 Å². The van der Waals surface area contributed by atoms with E-state index >= 15 is 0 Å². The molecule has 0 aliphatic heterocycles. The van der Waals surface area contributed by atoms with Crippen LogP contribution in [0, 0.1) is 0 Å². The van der Waals surface area contributed by atoms with Gasteiger partial charge in [0.2, 0.25) is 0 Å². The average molecular weight is 386 g/mol. The van der Waals surface area contributed by atoms with Gasteiger partial charge in [-0.3, -0.25) is 4.79 Å². The quantitative estimate of drug-likeness (QED) is 0.723. The normalized spacial score (nSPS) is 10.4. The molecule has 0 saturated carbocycles. The van der Waals surface area contributed by atoms with Crippen LogP contribution in [0.25, 0.3) is 0 Å². The van der Waals surface area contributed by atoms with Crippen molar-refractivity contribution in [3.8, 4) is 5.75 Å². The number of nitrogens with one attached hydrogen (secondary N) is 1. The van der Waals surface area contributed by atoms with Crippen molar-refractivity contribution in [1.29, 1.82) is 0 Å². The first-order valence-corrected chi connectivity index (χ1v) is 8.17. The van der Waals surface area contributed by atoms with Gasteiger partial charge in [-0.15, -0.1) is 0 Å². The Labute approximate surface area is 148 Å². The summed E-state index contributed by atoms with van der Waals surface area (Å²) in [5.74, 6) is 0.938. The number of methoxy groups -OCH3 is 1. The number of carbonyl (C=O) groups is 1. The van der Waals surface area contributed by atoms with Gasteiger partial charge in [0.05, 0.1) is 25.4 Å². The number of aromatic nitrogens is 2. The van der Waals surface area contributed by atoms with Crippen LogP contribution >= 0.6 is 15.9 Å². The molecule has 3 rings (SSSR count). The summed E-state index contributed by atoms with van der Waals surface area (Å²) in [5, 5.41) is 7.17. The molecule has 0 radical (unpaired) electrons. The van der Waals surface area contributed by atoms with Gasteiger partial charge in [-0.25, -0.2) is 4.68 Å². The zero-order valence-electron chi connectivity index (χ0n) is 13.1. The second-order valence-corrected chi connectivity index (χ2v) is 6.07. The molecule has 0 saturated heterocycles. The average Bonchev–Trinajstić information content (AvgIpc) is 3.03. The lowest BCUT2D eigenvalue weighted by Gasteiger charge is -2.11. The molecule has 1 aromatic heterocycles. The molecule has 0 spiro atoms.